The molecule has 3 heterocycles. The number of allylic oxidation sites excluding steroid dienone is 2. The number of para-hydroxylation sites is 1. The smallest absolute Gasteiger partial charge is 0.240 e. The lowest BCUT2D eigenvalue weighted by molar-refractivity contribution is -0.123. The number of hydrogen-bond acceptors (Lipinski definition) is 5. The summed E-state index contributed by atoms with van der Waals surface area (Å²) in [5.74, 6) is -4.51. The molecule has 0 unspecified atom stereocenters. The molecule has 38 heavy (non-hydrogen) atoms. The molecule has 0 bridgehead atoms. The van der Waals surface area contributed by atoms with Crippen LogP contribution in [0.5, 0.6) is 0 Å². The highest BCUT2D eigenvalue weighted by molar-refractivity contribution is 9.10. The van der Waals surface area contributed by atoms with Crippen LogP contribution in [0.15, 0.2) is 107 Å². The maximum atomic E-state index is 14.7. The van der Waals surface area contributed by atoms with Gasteiger partial charge in [0.1, 0.15) is 11.9 Å². The predicted octanol–water partition coefficient (Wildman–Crippen LogP) is 4.97. The molecule has 4 atom stereocenters. The van der Waals surface area contributed by atoms with Gasteiger partial charge in [-0.15, -0.1) is 0 Å². The Labute approximate surface area is 226 Å². The van der Waals surface area contributed by atoms with Gasteiger partial charge in [0.2, 0.25) is 11.8 Å². The minimum atomic E-state index is -1.05. The van der Waals surface area contributed by atoms with Gasteiger partial charge in [0.15, 0.2) is 11.6 Å². The van der Waals surface area contributed by atoms with E-state index in [-0.39, 0.29) is 17.3 Å². The average molecular weight is 571 g/mol. The predicted molar refractivity (Wildman–Crippen MR) is 142 cm³/mol. The summed E-state index contributed by atoms with van der Waals surface area (Å²) in [6.45, 7) is 0. The van der Waals surface area contributed by atoms with Gasteiger partial charge in [0, 0.05) is 27.4 Å². The Morgan fingerprint density at radius 2 is 1.45 bits per heavy atom. The highest BCUT2D eigenvalue weighted by Crippen LogP contribution is 2.47. The third-order valence-electron chi connectivity index (χ3n) is 7.34. The summed E-state index contributed by atoms with van der Waals surface area (Å²) >= 11 is 3.36. The number of Topliss-reactive ketones (excluding diaryl/α,β-unsaturated/α-hetero) is 2. The van der Waals surface area contributed by atoms with Crippen LogP contribution in [0.2, 0.25) is 0 Å². The number of ketones is 2. The zero-order valence-corrected chi connectivity index (χ0v) is 21.4. The Hall–Kier alpha value is -4.17. The van der Waals surface area contributed by atoms with E-state index in [0.29, 0.717) is 16.7 Å². The number of halogens is 2. The van der Waals surface area contributed by atoms with E-state index in [2.05, 4.69) is 15.9 Å². The van der Waals surface area contributed by atoms with Crippen LogP contribution in [0.3, 0.4) is 0 Å². The summed E-state index contributed by atoms with van der Waals surface area (Å²) < 4.78 is 15.5. The molecule has 0 aliphatic carbocycles. The van der Waals surface area contributed by atoms with Gasteiger partial charge < -0.3 is 4.90 Å². The van der Waals surface area contributed by atoms with Gasteiger partial charge in [-0.05, 0) is 30.3 Å². The molecule has 0 saturated carbocycles. The molecule has 3 aromatic rings. The number of anilines is 1. The van der Waals surface area contributed by atoms with E-state index in [9.17, 15) is 23.6 Å². The monoisotopic (exact) mass is 570 g/mol. The standard InChI is InChI=1S/C30H20BrFN2O4/c31-20-12-10-18(11-13-20)28(36)26-25-24(29(37)34(30(25)38)22-9-5-4-8-21(22)32)23-16-19(14-15-33(23)26)27(35)17-6-2-1-3-7-17/h1-16,23-26H/t23-,24+,25-,26+/m1/s1. The topological polar surface area (TPSA) is 74.8 Å². The molecular weight excluding hydrogens is 551 g/mol. The van der Waals surface area contributed by atoms with Crippen molar-refractivity contribution in [2.24, 2.45) is 11.8 Å². The van der Waals surface area contributed by atoms with Crippen LogP contribution in [0.4, 0.5) is 10.1 Å². The van der Waals surface area contributed by atoms with E-state index in [1.165, 1.54) is 18.2 Å². The summed E-state index contributed by atoms with van der Waals surface area (Å²) in [4.78, 5) is 57.1. The Balaban J connectivity index is 1.44. The molecule has 0 radical (unpaired) electrons. The Bertz CT molecular complexity index is 1550. The van der Waals surface area contributed by atoms with Crippen molar-refractivity contribution in [3.8, 4) is 0 Å². The number of fused-ring (bicyclic) bond motifs is 3. The molecule has 3 aliphatic heterocycles. The molecule has 0 aromatic heterocycles. The van der Waals surface area contributed by atoms with Crippen molar-refractivity contribution in [3.05, 3.63) is 124 Å². The Kier molecular flexibility index (Phi) is 5.91. The second-order valence-electron chi connectivity index (χ2n) is 9.40. The molecule has 0 N–H and O–H groups in total. The Morgan fingerprint density at radius 1 is 0.789 bits per heavy atom. The minimum Gasteiger partial charge on any atom is -0.359 e. The van der Waals surface area contributed by atoms with Crippen molar-refractivity contribution >= 4 is 45.0 Å². The van der Waals surface area contributed by atoms with Crippen molar-refractivity contribution in [2.75, 3.05) is 4.90 Å². The van der Waals surface area contributed by atoms with Crippen molar-refractivity contribution in [1.82, 2.24) is 4.90 Å². The first-order chi connectivity index (χ1) is 18.4. The molecule has 188 valence electrons. The molecule has 6 rings (SSSR count). The van der Waals surface area contributed by atoms with Crippen LogP contribution in [0.1, 0.15) is 20.7 Å². The van der Waals surface area contributed by atoms with Gasteiger partial charge in [-0.2, -0.15) is 0 Å². The lowest BCUT2D eigenvalue weighted by Gasteiger charge is -2.32. The van der Waals surface area contributed by atoms with E-state index in [1.54, 1.807) is 77.8 Å². The maximum absolute atomic E-state index is 14.7. The van der Waals surface area contributed by atoms with Crippen molar-refractivity contribution in [3.63, 3.8) is 0 Å². The van der Waals surface area contributed by atoms with Crippen molar-refractivity contribution < 1.29 is 23.6 Å². The highest BCUT2D eigenvalue weighted by Gasteiger charge is 2.63. The van der Waals surface area contributed by atoms with Gasteiger partial charge in [-0.3, -0.25) is 19.2 Å². The Morgan fingerprint density at radius 3 is 2.16 bits per heavy atom. The first-order valence-electron chi connectivity index (χ1n) is 12.1. The van der Waals surface area contributed by atoms with Crippen molar-refractivity contribution in [1.29, 1.82) is 0 Å². The van der Waals surface area contributed by atoms with Gasteiger partial charge >= 0.3 is 0 Å². The third-order valence-corrected chi connectivity index (χ3v) is 7.87. The van der Waals surface area contributed by atoms with Crippen LogP contribution < -0.4 is 4.90 Å². The number of carbonyl (C=O) groups is 4. The van der Waals surface area contributed by atoms with Gasteiger partial charge in [-0.25, -0.2) is 9.29 Å². The number of carbonyl (C=O) groups excluding carboxylic acids is 4. The maximum Gasteiger partial charge on any atom is 0.240 e. The number of nitrogens with zero attached hydrogens (tertiary/aromatic N) is 2. The largest absolute Gasteiger partial charge is 0.359 e. The van der Waals surface area contributed by atoms with Crippen LogP contribution >= 0.6 is 15.9 Å². The van der Waals surface area contributed by atoms with E-state index in [0.717, 1.165) is 9.37 Å². The van der Waals surface area contributed by atoms with Gasteiger partial charge in [-0.1, -0.05) is 76.6 Å². The van der Waals surface area contributed by atoms with Crippen LogP contribution in [-0.2, 0) is 9.59 Å². The summed E-state index contributed by atoms with van der Waals surface area (Å²) in [6, 6.07) is 19.3. The second kappa shape index (κ2) is 9.29. The van der Waals surface area contributed by atoms with Crippen LogP contribution in [0.25, 0.3) is 0 Å². The fraction of sp³-hybridized carbons (Fsp3) is 0.133. The summed E-state index contributed by atoms with van der Waals surface area (Å²) in [5.41, 5.74) is 1.08. The van der Waals surface area contributed by atoms with Crippen molar-refractivity contribution in [2.45, 2.75) is 12.1 Å². The normalized spacial score (nSPS) is 23.8. The summed E-state index contributed by atoms with van der Waals surface area (Å²) in [6.07, 6.45) is 4.88. The molecule has 2 fully saturated rings. The average Bonchev–Trinajstić information content (AvgIpc) is 3.41. The lowest BCUT2D eigenvalue weighted by atomic mass is 9.85. The molecule has 3 aromatic carbocycles. The third kappa shape index (κ3) is 3.75. The summed E-state index contributed by atoms with van der Waals surface area (Å²) in [7, 11) is 0. The molecule has 3 aliphatic rings. The molecular formula is C30H20BrFN2O4. The number of rotatable bonds is 5. The second-order valence-corrected chi connectivity index (χ2v) is 10.3. The molecule has 6 nitrogen and oxygen atoms in total. The van der Waals surface area contributed by atoms with E-state index in [4.69, 9.17) is 0 Å². The minimum absolute atomic E-state index is 0.144. The number of imide groups is 1. The number of hydrogen-bond donors (Lipinski definition) is 0. The van der Waals surface area contributed by atoms with E-state index < -0.39 is 41.6 Å². The van der Waals surface area contributed by atoms with Crippen LogP contribution in [0, 0.1) is 17.7 Å². The first kappa shape index (κ1) is 24.2. The molecule has 8 heteroatoms. The number of amides is 2. The SMILES string of the molecule is O=C(C1=C[C@@H]2[C@@H]3C(=O)N(c4ccccc4F)C(=O)[C@H]3[C@@H](C(=O)c3ccc(Br)cc3)N2C=C1)c1ccccc1. The fourth-order valence-corrected chi connectivity index (χ4v) is 5.87. The highest BCUT2D eigenvalue weighted by atomic mass is 79.9. The fourth-order valence-electron chi connectivity index (χ4n) is 5.61. The van der Waals surface area contributed by atoms with E-state index in [1.807, 2.05) is 6.07 Å². The van der Waals surface area contributed by atoms with Gasteiger partial charge in [0.25, 0.3) is 0 Å². The molecule has 0 spiro atoms. The zero-order valence-electron chi connectivity index (χ0n) is 19.8. The number of benzene rings is 3. The molecule has 2 saturated heterocycles. The summed E-state index contributed by atoms with van der Waals surface area (Å²) in [5, 5.41) is 0. The quantitative estimate of drug-likeness (QED) is 0.320. The zero-order chi connectivity index (χ0) is 26.6. The lowest BCUT2D eigenvalue weighted by Crippen LogP contribution is -2.46. The van der Waals surface area contributed by atoms with Crippen LogP contribution in [-0.4, -0.2) is 40.4 Å². The van der Waals surface area contributed by atoms with E-state index >= 15 is 0 Å². The van der Waals surface area contributed by atoms with Gasteiger partial charge in [0.05, 0.1) is 23.6 Å². The first-order valence-corrected chi connectivity index (χ1v) is 12.9. The molecule has 2 amide bonds.